The van der Waals surface area contributed by atoms with Crippen molar-refractivity contribution >= 4 is 18.0 Å². The van der Waals surface area contributed by atoms with Crippen LogP contribution in [-0.2, 0) is 14.3 Å². The number of carboxylic acid groups (broad SMARTS) is 1. The number of piperidine rings is 1. The first kappa shape index (κ1) is 16.3. The minimum Gasteiger partial charge on any atom is -0.480 e. The molecule has 114 valence electrons. The van der Waals surface area contributed by atoms with E-state index in [4.69, 9.17) is 5.11 Å². The number of carbonyl (C=O) groups excluding carboxylic acids is 2. The SMILES string of the molecule is COC(=O)CCC(NC(=O)N1CCCC(C)C1)C(=O)O. The van der Waals surface area contributed by atoms with Gasteiger partial charge in [-0.1, -0.05) is 6.92 Å². The van der Waals surface area contributed by atoms with Gasteiger partial charge in [0.2, 0.25) is 0 Å². The Morgan fingerprint density at radius 1 is 1.45 bits per heavy atom. The van der Waals surface area contributed by atoms with Gasteiger partial charge in [-0.2, -0.15) is 0 Å². The molecule has 20 heavy (non-hydrogen) atoms. The van der Waals surface area contributed by atoms with Crippen LogP contribution in [0.25, 0.3) is 0 Å². The zero-order chi connectivity index (χ0) is 15.1. The lowest BCUT2D eigenvalue weighted by Crippen LogP contribution is -2.50. The van der Waals surface area contributed by atoms with Crippen molar-refractivity contribution in [3.05, 3.63) is 0 Å². The summed E-state index contributed by atoms with van der Waals surface area (Å²) in [5, 5.41) is 11.5. The highest BCUT2D eigenvalue weighted by Crippen LogP contribution is 2.15. The molecule has 2 amide bonds. The zero-order valence-corrected chi connectivity index (χ0v) is 11.9. The Kier molecular flexibility index (Phi) is 6.27. The Morgan fingerprint density at radius 3 is 2.70 bits per heavy atom. The first-order valence-electron chi connectivity index (χ1n) is 6.79. The van der Waals surface area contributed by atoms with Crippen LogP contribution in [0.4, 0.5) is 4.79 Å². The molecule has 2 N–H and O–H groups in total. The fourth-order valence-electron chi connectivity index (χ4n) is 2.24. The van der Waals surface area contributed by atoms with Crippen molar-refractivity contribution < 1.29 is 24.2 Å². The molecular formula is C13H22N2O5. The largest absolute Gasteiger partial charge is 0.480 e. The zero-order valence-electron chi connectivity index (χ0n) is 11.9. The molecule has 0 saturated carbocycles. The van der Waals surface area contributed by atoms with E-state index in [1.54, 1.807) is 4.90 Å². The summed E-state index contributed by atoms with van der Waals surface area (Å²) in [4.78, 5) is 35.8. The summed E-state index contributed by atoms with van der Waals surface area (Å²) in [6, 6.07) is -1.45. The molecule has 7 nitrogen and oxygen atoms in total. The highest BCUT2D eigenvalue weighted by molar-refractivity contribution is 5.83. The number of esters is 1. The van der Waals surface area contributed by atoms with Gasteiger partial charge in [-0.05, 0) is 25.2 Å². The van der Waals surface area contributed by atoms with Gasteiger partial charge in [-0.3, -0.25) is 4.79 Å². The van der Waals surface area contributed by atoms with E-state index in [-0.39, 0.29) is 18.9 Å². The molecule has 0 aliphatic carbocycles. The summed E-state index contributed by atoms with van der Waals surface area (Å²) >= 11 is 0. The van der Waals surface area contributed by atoms with Crippen LogP contribution in [-0.4, -0.2) is 54.2 Å². The van der Waals surface area contributed by atoms with Crippen molar-refractivity contribution in [2.75, 3.05) is 20.2 Å². The number of hydrogen-bond acceptors (Lipinski definition) is 4. The van der Waals surface area contributed by atoms with Crippen LogP contribution in [0.5, 0.6) is 0 Å². The Balaban J connectivity index is 2.49. The molecule has 0 aromatic carbocycles. The predicted molar refractivity (Wildman–Crippen MR) is 71.2 cm³/mol. The van der Waals surface area contributed by atoms with E-state index in [1.807, 2.05) is 0 Å². The van der Waals surface area contributed by atoms with Gasteiger partial charge in [0.15, 0.2) is 0 Å². The fourth-order valence-corrected chi connectivity index (χ4v) is 2.24. The molecule has 2 atom stereocenters. The Hall–Kier alpha value is -1.79. The number of methoxy groups -OCH3 is 1. The monoisotopic (exact) mass is 286 g/mol. The minimum absolute atomic E-state index is 0.0249. The third kappa shape index (κ3) is 5.07. The molecule has 1 aliphatic rings. The van der Waals surface area contributed by atoms with Gasteiger partial charge in [0.25, 0.3) is 0 Å². The van der Waals surface area contributed by atoms with Crippen LogP contribution in [0.3, 0.4) is 0 Å². The second-order valence-electron chi connectivity index (χ2n) is 5.15. The molecule has 0 radical (unpaired) electrons. The molecule has 0 spiro atoms. The van der Waals surface area contributed by atoms with Gasteiger partial charge >= 0.3 is 18.0 Å². The quantitative estimate of drug-likeness (QED) is 0.730. The average Bonchev–Trinajstić information content (AvgIpc) is 2.42. The summed E-state index contributed by atoms with van der Waals surface area (Å²) in [6.45, 7) is 3.33. The first-order chi connectivity index (χ1) is 9.43. The Labute approximate surface area is 118 Å². The number of amides is 2. The Bertz CT molecular complexity index is 372. The molecular weight excluding hydrogens is 264 g/mol. The van der Waals surface area contributed by atoms with Crippen LogP contribution < -0.4 is 5.32 Å². The van der Waals surface area contributed by atoms with E-state index in [9.17, 15) is 14.4 Å². The molecule has 0 bridgehead atoms. The normalized spacial score (nSPS) is 20.1. The predicted octanol–water partition coefficient (Wildman–Crippen LogP) is 0.834. The summed E-state index contributed by atoms with van der Waals surface area (Å²) < 4.78 is 4.46. The minimum atomic E-state index is -1.15. The van der Waals surface area contributed by atoms with Crippen LogP contribution >= 0.6 is 0 Å². The van der Waals surface area contributed by atoms with E-state index >= 15 is 0 Å². The number of rotatable bonds is 5. The second kappa shape index (κ2) is 7.72. The van der Waals surface area contributed by atoms with Crippen LogP contribution in [0.2, 0.25) is 0 Å². The maximum atomic E-state index is 12.0. The number of likely N-dealkylation sites (tertiary alicyclic amines) is 1. The van der Waals surface area contributed by atoms with E-state index in [0.29, 0.717) is 19.0 Å². The number of carbonyl (C=O) groups is 3. The molecule has 0 aromatic heterocycles. The maximum absolute atomic E-state index is 12.0. The molecule has 1 aliphatic heterocycles. The summed E-state index contributed by atoms with van der Waals surface area (Å²) in [6.07, 6.45) is 1.99. The number of carboxylic acids is 1. The number of nitrogens with zero attached hydrogens (tertiary/aromatic N) is 1. The standard InChI is InChI=1S/C13H22N2O5/c1-9-4-3-7-15(8-9)13(19)14-10(12(17)18)5-6-11(16)20-2/h9-10H,3-8H2,1-2H3,(H,14,19)(H,17,18). The highest BCUT2D eigenvalue weighted by Gasteiger charge is 2.26. The van der Waals surface area contributed by atoms with Crippen molar-refractivity contribution in [3.63, 3.8) is 0 Å². The Morgan fingerprint density at radius 2 is 2.15 bits per heavy atom. The number of nitrogens with one attached hydrogen (secondary N) is 1. The molecule has 1 fully saturated rings. The highest BCUT2D eigenvalue weighted by atomic mass is 16.5. The average molecular weight is 286 g/mol. The number of ether oxygens (including phenoxy) is 1. The van der Waals surface area contributed by atoms with Crippen molar-refractivity contribution in [3.8, 4) is 0 Å². The van der Waals surface area contributed by atoms with Gasteiger partial charge in [0.1, 0.15) is 6.04 Å². The lowest BCUT2D eigenvalue weighted by atomic mass is 10.0. The van der Waals surface area contributed by atoms with Crippen LogP contribution in [0, 0.1) is 5.92 Å². The molecule has 1 rings (SSSR count). The second-order valence-corrected chi connectivity index (χ2v) is 5.15. The van der Waals surface area contributed by atoms with Crippen molar-refractivity contribution in [2.24, 2.45) is 5.92 Å². The summed E-state index contributed by atoms with van der Waals surface area (Å²) in [5.41, 5.74) is 0. The van der Waals surface area contributed by atoms with Crippen LogP contribution in [0.1, 0.15) is 32.6 Å². The van der Waals surface area contributed by atoms with Gasteiger partial charge < -0.3 is 20.1 Å². The van der Waals surface area contributed by atoms with Crippen LogP contribution in [0.15, 0.2) is 0 Å². The molecule has 1 saturated heterocycles. The van der Waals surface area contributed by atoms with E-state index in [1.165, 1.54) is 7.11 Å². The third-order valence-electron chi connectivity index (χ3n) is 3.40. The molecule has 7 heteroatoms. The summed E-state index contributed by atoms with van der Waals surface area (Å²) in [7, 11) is 1.24. The number of aliphatic carboxylic acids is 1. The van der Waals surface area contributed by atoms with Gasteiger partial charge in [0, 0.05) is 19.5 Å². The number of urea groups is 1. The smallest absolute Gasteiger partial charge is 0.326 e. The first-order valence-corrected chi connectivity index (χ1v) is 6.79. The van der Waals surface area contributed by atoms with Crippen molar-refractivity contribution in [1.82, 2.24) is 10.2 Å². The topological polar surface area (TPSA) is 95.9 Å². The number of hydrogen-bond donors (Lipinski definition) is 2. The fraction of sp³-hybridized carbons (Fsp3) is 0.769. The summed E-state index contributed by atoms with van der Waals surface area (Å²) in [5.74, 6) is -1.21. The van der Waals surface area contributed by atoms with Gasteiger partial charge in [0.05, 0.1) is 7.11 Å². The lowest BCUT2D eigenvalue weighted by Gasteiger charge is -2.31. The third-order valence-corrected chi connectivity index (χ3v) is 3.40. The van der Waals surface area contributed by atoms with Gasteiger partial charge in [-0.15, -0.1) is 0 Å². The van der Waals surface area contributed by atoms with E-state index in [0.717, 1.165) is 12.8 Å². The molecule has 0 aromatic rings. The molecule has 2 unspecified atom stereocenters. The molecule has 1 heterocycles. The maximum Gasteiger partial charge on any atom is 0.326 e. The van der Waals surface area contributed by atoms with E-state index in [2.05, 4.69) is 17.0 Å². The van der Waals surface area contributed by atoms with E-state index < -0.39 is 18.0 Å². The van der Waals surface area contributed by atoms with Crippen molar-refractivity contribution in [2.45, 2.75) is 38.6 Å². The van der Waals surface area contributed by atoms with Crippen molar-refractivity contribution in [1.29, 1.82) is 0 Å². The van der Waals surface area contributed by atoms with Gasteiger partial charge in [-0.25, -0.2) is 9.59 Å². The lowest BCUT2D eigenvalue weighted by molar-refractivity contribution is -0.142.